The average Bonchev–Trinajstić information content (AvgIpc) is 1.94. The van der Waals surface area contributed by atoms with Gasteiger partial charge >= 0.3 is 0 Å². The van der Waals surface area contributed by atoms with Gasteiger partial charge in [0.25, 0.3) is 0 Å². The fourth-order valence-electron chi connectivity index (χ4n) is 1.84. The highest BCUT2D eigenvalue weighted by Crippen LogP contribution is 2.48. The molecule has 0 aliphatic heterocycles. The van der Waals surface area contributed by atoms with Crippen molar-refractivity contribution in [3.8, 4) is 0 Å². The lowest BCUT2D eigenvalue weighted by molar-refractivity contribution is -0.130. The summed E-state index contributed by atoms with van der Waals surface area (Å²) in [7, 11) is 0. The number of allylic oxidation sites excluding steroid dienone is 1. The zero-order valence-electron chi connectivity index (χ0n) is 7.82. The Morgan fingerprint density at radius 3 is 1.82 bits per heavy atom. The Balaban J connectivity index is 3.09. The van der Waals surface area contributed by atoms with Gasteiger partial charge in [0, 0.05) is 10.8 Å². The minimum Gasteiger partial charge on any atom is -0.298 e. The standard InChI is InChI=1S/C10H16O/c1-7-6-9(2,3)8(11)10(7,4)5/h1,6H2,2-5H3. The van der Waals surface area contributed by atoms with Crippen molar-refractivity contribution in [2.45, 2.75) is 34.1 Å². The number of rotatable bonds is 0. The van der Waals surface area contributed by atoms with Crippen LogP contribution in [-0.2, 0) is 4.79 Å². The summed E-state index contributed by atoms with van der Waals surface area (Å²) in [6.07, 6.45) is 0.846. The summed E-state index contributed by atoms with van der Waals surface area (Å²) in [6.45, 7) is 11.9. The molecule has 1 fully saturated rings. The van der Waals surface area contributed by atoms with Crippen LogP contribution in [0.1, 0.15) is 34.1 Å². The number of carbonyl (C=O) groups is 1. The molecule has 0 aromatic heterocycles. The highest BCUT2D eigenvalue weighted by molar-refractivity contribution is 5.95. The van der Waals surface area contributed by atoms with Crippen LogP contribution in [0, 0.1) is 10.8 Å². The second kappa shape index (κ2) is 1.96. The van der Waals surface area contributed by atoms with E-state index in [-0.39, 0.29) is 10.8 Å². The first-order valence-corrected chi connectivity index (χ1v) is 4.01. The summed E-state index contributed by atoms with van der Waals surface area (Å²) < 4.78 is 0. The number of carbonyl (C=O) groups excluding carboxylic acids is 1. The second-order valence-corrected chi connectivity index (χ2v) is 4.62. The van der Waals surface area contributed by atoms with E-state index in [1.165, 1.54) is 0 Å². The van der Waals surface area contributed by atoms with E-state index < -0.39 is 0 Å². The first kappa shape index (κ1) is 8.51. The first-order chi connectivity index (χ1) is 4.78. The normalized spacial score (nSPS) is 27.6. The maximum atomic E-state index is 11.7. The molecular formula is C10H16O. The summed E-state index contributed by atoms with van der Waals surface area (Å²) in [5, 5.41) is 0. The largest absolute Gasteiger partial charge is 0.298 e. The van der Waals surface area contributed by atoms with Crippen molar-refractivity contribution in [2.24, 2.45) is 10.8 Å². The third-order valence-electron chi connectivity index (χ3n) is 2.72. The Hall–Kier alpha value is -0.590. The lowest BCUT2D eigenvalue weighted by Crippen LogP contribution is -2.27. The van der Waals surface area contributed by atoms with Gasteiger partial charge in [-0.05, 0) is 20.3 Å². The number of hydrogen-bond acceptors (Lipinski definition) is 1. The molecule has 0 aromatic carbocycles. The summed E-state index contributed by atoms with van der Waals surface area (Å²) >= 11 is 0. The molecule has 11 heavy (non-hydrogen) atoms. The van der Waals surface area contributed by atoms with Gasteiger partial charge in [-0.25, -0.2) is 0 Å². The van der Waals surface area contributed by atoms with Gasteiger partial charge in [0.05, 0.1) is 0 Å². The van der Waals surface area contributed by atoms with Gasteiger partial charge in [0.1, 0.15) is 5.78 Å². The zero-order chi connectivity index (χ0) is 8.86. The van der Waals surface area contributed by atoms with Gasteiger partial charge in [-0.15, -0.1) is 0 Å². The Bertz CT molecular complexity index is 221. The van der Waals surface area contributed by atoms with E-state index in [0.29, 0.717) is 5.78 Å². The van der Waals surface area contributed by atoms with Crippen LogP contribution in [0.3, 0.4) is 0 Å². The maximum absolute atomic E-state index is 11.7. The molecule has 1 rings (SSSR count). The van der Waals surface area contributed by atoms with Crippen molar-refractivity contribution in [2.75, 3.05) is 0 Å². The molecule has 1 saturated carbocycles. The summed E-state index contributed by atoms with van der Waals surface area (Å²) in [6, 6.07) is 0. The maximum Gasteiger partial charge on any atom is 0.148 e. The van der Waals surface area contributed by atoms with E-state index in [1.54, 1.807) is 0 Å². The zero-order valence-corrected chi connectivity index (χ0v) is 7.82. The number of Topliss-reactive ketones (excluding diaryl/α,β-unsaturated/α-hetero) is 1. The summed E-state index contributed by atoms with van der Waals surface area (Å²) in [5.74, 6) is 0.329. The Morgan fingerprint density at radius 2 is 1.73 bits per heavy atom. The van der Waals surface area contributed by atoms with E-state index in [9.17, 15) is 4.79 Å². The van der Waals surface area contributed by atoms with Crippen LogP contribution in [-0.4, -0.2) is 5.78 Å². The monoisotopic (exact) mass is 152 g/mol. The van der Waals surface area contributed by atoms with E-state index in [4.69, 9.17) is 0 Å². The molecule has 0 N–H and O–H groups in total. The third-order valence-corrected chi connectivity index (χ3v) is 2.72. The van der Waals surface area contributed by atoms with Crippen LogP contribution in [0.2, 0.25) is 0 Å². The number of ketones is 1. The van der Waals surface area contributed by atoms with Gasteiger partial charge in [-0.3, -0.25) is 4.79 Å². The molecule has 1 aliphatic rings. The van der Waals surface area contributed by atoms with E-state index in [2.05, 4.69) is 6.58 Å². The van der Waals surface area contributed by atoms with Gasteiger partial charge < -0.3 is 0 Å². The van der Waals surface area contributed by atoms with Crippen molar-refractivity contribution in [1.29, 1.82) is 0 Å². The van der Waals surface area contributed by atoms with Crippen molar-refractivity contribution in [3.05, 3.63) is 12.2 Å². The minimum atomic E-state index is -0.288. The molecule has 1 nitrogen and oxygen atoms in total. The van der Waals surface area contributed by atoms with Crippen LogP contribution < -0.4 is 0 Å². The fraction of sp³-hybridized carbons (Fsp3) is 0.700. The molecular weight excluding hydrogens is 136 g/mol. The third kappa shape index (κ3) is 1.03. The number of hydrogen-bond donors (Lipinski definition) is 0. The second-order valence-electron chi connectivity index (χ2n) is 4.62. The van der Waals surface area contributed by atoms with Gasteiger partial charge in [-0.1, -0.05) is 26.0 Å². The Labute approximate surface area is 68.5 Å². The van der Waals surface area contributed by atoms with Crippen molar-refractivity contribution in [3.63, 3.8) is 0 Å². The predicted octanol–water partition coefficient (Wildman–Crippen LogP) is 2.57. The highest BCUT2D eigenvalue weighted by atomic mass is 16.1. The molecule has 62 valence electrons. The molecule has 0 amide bonds. The van der Waals surface area contributed by atoms with Crippen molar-refractivity contribution < 1.29 is 4.79 Å². The molecule has 1 heteroatoms. The lowest BCUT2D eigenvalue weighted by Gasteiger charge is -2.19. The Kier molecular flexibility index (Phi) is 1.52. The van der Waals surface area contributed by atoms with Gasteiger partial charge in [0.2, 0.25) is 0 Å². The minimum absolute atomic E-state index is 0.180. The van der Waals surface area contributed by atoms with Crippen LogP contribution in [0.4, 0.5) is 0 Å². The Morgan fingerprint density at radius 1 is 1.27 bits per heavy atom. The SMILES string of the molecule is C=C1CC(C)(C)C(=O)C1(C)C. The van der Waals surface area contributed by atoms with E-state index in [0.717, 1.165) is 12.0 Å². The van der Waals surface area contributed by atoms with Crippen LogP contribution >= 0.6 is 0 Å². The fourth-order valence-corrected chi connectivity index (χ4v) is 1.84. The van der Waals surface area contributed by atoms with E-state index in [1.807, 2.05) is 27.7 Å². The highest BCUT2D eigenvalue weighted by Gasteiger charge is 2.48. The van der Waals surface area contributed by atoms with E-state index >= 15 is 0 Å². The topological polar surface area (TPSA) is 17.1 Å². The quantitative estimate of drug-likeness (QED) is 0.487. The molecule has 0 radical (unpaired) electrons. The molecule has 0 bridgehead atoms. The van der Waals surface area contributed by atoms with Crippen LogP contribution in [0.5, 0.6) is 0 Å². The average molecular weight is 152 g/mol. The summed E-state index contributed by atoms with van der Waals surface area (Å²) in [4.78, 5) is 11.7. The molecule has 0 spiro atoms. The first-order valence-electron chi connectivity index (χ1n) is 4.01. The van der Waals surface area contributed by atoms with Crippen LogP contribution in [0.15, 0.2) is 12.2 Å². The van der Waals surface area contributed by atoms with Crippen LogP contribution in [0.25, 0.3) is 0 Å². The molecule has 0 unspecified atom stereocenters. The van der Waals surface area contributed by atoms with Gasteiger partial charge in [0.15, 0.2) is 0 Å². The molecule has 0 aromatic rings. The molecule has 0 heterocycles. The molecule has 0 saturated heterocycles. The van der Waals surface area contributed by atoms with Crippen molar-refractivity contribution in [1.82, 2.24) is 0 Å². The summed E-state index contributed by atoms with van der Waals surface area (Å²) in [5.41, 5.74) is 0.608. The van der Waals surface area contributed by atoms with Gasteiger partial charge in [-0.2, -0.15) is 0 Å². The molecule has 1 aliphatic carbocycles. The smallest absolute Gasteiger partial charge is 0.148 e. The lowest BCUT2D eigenvalue weighted by atomic mass is 9.82. The predicted molar refractivity (Wildman–Crippen MR) is 46.3 cm³/mol. The van der Waals surface area contributed by atoms with Crippen molar-refractivity contribution >= 4 is 5.78 Å². The molecule has 0 atom stereocenters.